The summed E-state index contributed by atoms with van der Waals surface area (Å²) in [5.74, 6) is 0.414. The summed E-state index contributed by atoms with van der Waals surface area (Å²) >= 11 is 6.62. The lowest BCUT2D eigenvalue weighted by molar-refractivity contribution is -0.0347. The maximum atomic E-state index is 6.62. The average Bonchev–Trinajstić information content (AvgIpc) is 3.06. The lowest BCUT2D eigenvalue weighted by Gasteiger charge is -2.63. The van der Waals surface area contributed by atoms with Gasteiger partial charge in [-0.3, -0.25) is 4.90 Å². The zero-order valence-electron chi connectivity index (χ0n) is 24.3. The molecule has 1 heterocycles. The number of benzene rings is 2. The maximum Gasteiger partial charge on any atom is 0.138 e. The summed E-state index contributed by atoms with van der Waals surface area (Å²) in [4.78, 5) is 5.52. The van der Waals surface area contributed by atoms with Crippen molar-refractivity contribution < 1.29 is 0 Å². The number of hydrogen-bond acceptors (Lipinski definition) is 2. The van der Waals surface area contributed by atoms with Crippen LogP contribution in [0.3, 0.4) is 0 Å². The van der Waals surface area contributed by atoms with Crippen molar-refractivity contribution in [1.29, 1.82) is 0 Å². The van der Waals surface area contributed by atoms with Gasteiger partial charge in [0.25, 0.3) is 0 Å². The van der Waals surface area contributed by atoms with E-state index in [1.54, 1.807) is 5.56 Å². The van der Waals surface area contributed by atoms with Gasteiger partial charge in [0.15, 0.2) is 0 Å². The summed E-state index contributed by atoms with van der Waals surface area (Å²) in [7, 11) is 23.5. The van der Waals surface area contributed by atoms with E-state index in [1.165, 1.54) is 38.4 Å². The standard InChI is InChI=1S/C22H37B10ClN2/c1-20(2)7-34(8-21(28,29)35(20)22(30,31)32)13-6-12(10-4-3-9(33)5-11(10)13)14-15(23)17(25)19(27)18(26)16(14)24/h3-5,12-13H,6-8,23-32H2,1-2H3/t12-,13-/m1/s1. The van der Waals surface area contributed by atoms with Crippen molar-refractivity contribution in [3.05, 3.63) is 39.9 Å². The number of halogens is 1. The first-order chi connectivity index (χ1) is 16.0. The van der Waals surface area contributed by atoms with Gasteiger partial charge in [0.05, 0.1) is 0 Å². The van der Waals surface area contributed by atoms with Gasteiger partial charge in [-0.1, -0.05) is 39.4 Å². The van der Waals surface area contributed by atoms with Crippen LogP contribution in [-0.2, 0) is 0 Å². The third-order valence-corrected chi connectivity index (χ3v) is 9.39. The summed E-state index contributed by atoms with van der Waals surface area (Å²) in [6, 6.07) is 7.05. The van der Waals surface area contributed by atoms with E-state index in [4.69, 9.17) is 11.6 Å². The SMILES string of the molecule is Bc1c(B)c(B)c([C@@H]2C[C@@H](N3CC(B)(B)N(C(B)(B)B)C(C)(C)C3)c3cc(Cl)ccc32)c(B)c1B. The molecule has 0 unspecified atom stereocenters. The summed E-state index contributed by atoms with van der Waals surface area (Å²) in [6.45, 7) is 6.97. The van der Waals surface area contributed by atoms with E-state index in [2.05, 4.69) is 120 Å². The molecule has 172 valence electrons. The molecule has 2 nitrogen and oxygen atoms in total. The Bertz CT molecular complexity index is 1130. The molecule has 1 aliphatic heterocycles. The molecule has 0 bridgehead atoms. The molecule has 4 rings (SSSR count). The van der Waals surface area contributed by atoms with Gasteiger partial charge in [0.2, 0.25) is 0 Å². The highest BCUT2D eigenvalue weighted by atomic mass is 35.5. The molecule has 2 atom stereocenters. The minimum absolute atomic E-state index is 0.0691. The Balaban J connectivity index is 1.81. The molecule has 1 saturated heterocycles. The normalized spacial score (nSPS) is 24.3. The van der Waals surface area contributed by atoms with Crippen LogP contribution in [0.15, 0.2) is 18.2 Å². The molecular weight excluding hydrogens is 436 g/mol. The van der Waals surface area contributed by atoms with Crippen LogP contribution in [0.4, 0.5) is 0 Å². The zero-order valence-corrected chi connectivity index (χ0v) is 25.0. The Labute approximate surface area is 227 Å². The highest BCUT2D eigenvalue weighted by molar-refractivity contribution is 6.67. The second kappa shape index (κ2) is 8.95. The second-order valence-corrected chi connectivity index (χ2v) is 14.1. The first-order valence-electron chi connectivity index (χ1n) is 13.4. The molecule has 0 spiro atoms. The van der Waals surface area contributed by atoms with Crippen LogP contribution in [0.2, 0.25) is 5.02 Å². The Morgan fingerprint density at radius 1 is 0.857 bits per heavy atom. The van der Waals surface area contributed by atoms with Crippen molar-refractivity contribution in [2.45, 2.75) is 48.3 Å². The first kappa shape index (κ1) is 27.3. The third-order valence-electron chi connectivity index (χ3n) is 9.15. The van der Waals surface area contributed by atoms with Gasteiger partial charge in [-0.2, -0.15) is 0 Å². The molecule has 1 fully saturated rings. The molecule has 2 aliphatic rings. The van der Waals surface area contributed by atoms with Gasteiger partial charge in [-0.15, -0.1) is 16.4 Å². The third kappa shape index (κ3) is 4.59. The molecular formula is C22H37B10ClN2. The van der Waals surface area contributed by atoms with Crippen molar-refractivity contribution in [2.75, 3.05) is 13.1 Å². The van der Waals surface area contributed by atoms with E-state index < -0.39 is 0 Å². The van der Waals surface area contributed by atoms with E-state index in [-0.39, 0.29) is 16.1 Å². The van der Waals surface area contributed by atoms with Gasteiger partial charge in [0.1, 0.15) is 78.5 Å². The Morgan fingerprint density at radius 2 is 1.40 bits per heavy atom. The van der Waals surface area contributed by atoms with Crippen LogP contribution in [0, 0.1) is 0 Å². The average molecular weight is 473 g/mol. The van der Waals surface area contributed by atoms with Gasteiger partial charge >= 0.3 is 0 Å². The topological polar surface area (TPSA) is 6.48 Å². The van der Waals surface area contributed by atoms with Crippen LogP contribution in [-0.4, -0.2) is 117 Å². The van der Waals surface area contributed by atoms with E-state index in [0.29, 0.717) is 12.0 Å². The predicted molar refractivity (Wildman–Crippen MR) is 184 cm³/mol. The van der Waals surface area contributed by atoms with Crippen molar-refractivity contribution in [3.63, 3.8) is 0 Å². The summed E-state index contributed by atoms with van der Waals surface area (Å²) in [5, 5.41) is 1.04. The summed E-state index contributed by atoms with van der Waals surface area (Å²) in [6.07, 6.45) is 1.13. The van der Waals surface area contributed by atoms with Crippen molar-refractivity contribution >= 4 is 117 Å². The first-order valence-corrected chi connectivity index (χ1v) is 13.8. The number of rotatable bonds is 3. The number of fused-ring (bicyclic) bond motifs is 1. The molecule has 0 saturated carbocycles. The van der Waals surface area contributed by atoms with Gasteiger partial charge in [0, 0.05) is 35.6 Å². The van der Waals surface area contributed by atoms with Gasteiger partial charge in [-0.25, -0.2) is 0 Å². The van der Waals surface area contributed by atoms with Crippen LogP contribution in [0.1, 0.15) is 48.9 Å². The van der Waals surface area contributed by atoms with E-state index in [9.17, 15) is 0 Å². The van der Waals surface area contributed by atoms with Crippen molar-refractivity contribution in [2.24, 2.45) is 0 Å². The second-order valence-electron chi connectivity index (χ2n) is 13.7. The van der Waals surface area contributed by atoms with E-state index in [1.807, 2.05) is 0 Å². The predicted octanol–water partition coefficient (Wildman–Crippen LogP) is -8.96. The monoisotopic (exact) mass is 474 g/mol. The highest BCUT2D eigenvalue weighted by Gasteiger charge is 2.51. The van der Waals surface area contributed by atoms with Crippen molar-refractivity contribution in [1.82, 2.24) is 9.80 Å². The Morgan fingerprint density at radius 3 is 1.91 bits per heavy atom. The van der Waals surface area contributed by atoms with E-state index >= 15 is 0 Å². The molecule has 13 heteroatoms. The smallest absolute Gasteiger partial charge is 0.138 e. The molecule has 35 heavy (non-hydrogen) atoms. The maximum absolute atomic E-state index is 6.62. The Kier molecular flexibility index (Phi) is 6.99. The minimum atomic E-state index is 0.0691. The fourth-order valence-electron chi connectivity index (χ4n) is 8.35. The van der Waals surface area contributed by atoms with Gasteiger partial charge in [-0.05, 0) is 48.9 Å². The molecule has 2 aromatic carbocycles. The molecule has 0 aromatic heterocycles. The quantitative estimate of drug-likeness (QED) is 0.409. The molecule has 0 N–H and O–H groups in total. The van der Waals surface area contributed by atoms with Crippen LogP contribution >= 0.6 is 11.6 Å². The number of hydrogen-bond donors (Lipinski definition) is 0. The number of piperazine rings is 1. The largest absolute Gasteiger partial charge is 0.323 e. The fraction of sp³-hybridized carbons (Fsp3) is 0.455. The Hall–Kier alpha value is -0.701. The summed E-state index contributed by atoms with van der Waals surface area (Å²) < 4.78 is 0. The van der Waals surface area contributed by atoms with E-state index in [0.717, 1.165) is 24.5 Å². The zero-order chi connectivity index (χ0) is 26.2. The van der Waals surface area contributed by atoms with Crippen molar-refractivity contribution in [3.8, 4) is 0 Å². The van der Waals surface area contributed by atoms with Crippen LogP contribution in [0.5, 0.6) is 0 Å². The minimum Gasteiger partial charge on any atom is -0.323 e. The molecule has 0 radical (unpaired) electrons. The van der Waals surface area contributed by atoms with Crippen LogP contribution in [0.25, 0.3) is 0 Å². The number of nitrogens with zero attached hydrogens (tertiary/aromatic N) is 2. The lowest BCUT2D eigenvalue weighted by atomic mass is 9.43. The molecule has 2 aromatic rings. The fourth-order valence-corrected chi connectivity index (χ4v) is 8.53. The molecule has 0 amide bonds. The van der Waals surface area contributed by atoms with Gasteiger partial charge < -0.3 is 4.90 Å². The highest BCUT2D eigenvalue weighted by Crippen LogP contribution is 2.49. The lowest BCUT2D eigenvalue weighted by Crippen LogP contribution is -2.78. The molecule has 1 aliphatic carbocycles. The van der Waals surface area contributed by atoms with Crippen LogP contribution < -0.4 is 27.3 Å². The summed E-state index contributed by atoms with van der Waals surface area (Å²) in [5.41, 5.74) is 11.8.